The first-order valence-corrected chi connectivity index (χ1v) is 9.96. The Kier molecular flexibility index (Phi) is 4.93. The van der Waals surface area contributed by atoms with Crippen molar-refractivity contribution in [2.45, 2.75) is 50.6 Å². The van der Waals surface area contributed by atoms with E-state index in [0.717, 1.165) is 24.8 Å². The summed E-state index contributed by atoms with van der Waals surface area (Å²) in [7, 11) is 0. The molecule has 1 aromatic carbocycles. The second kappa shape index (κ2) is 7.51. The number of hydrogen-bond acceptors (Lipinski definition) is 7. The molecule has 0 saturated heterocycles. The lowest BCUT2D eigenvalue weighted by atomic mass is 10.2. The molecular weight excluding hydrogens is 364 g/mol. The number of nitrogens with zero attached hydrogens (tertiary/aromatic N) is 6. The van der Waals surface area contributed by atoms with E-state index in [-0.39, 0.29) is 5.56 Å². The van der Waals surface area contributed by atoms with Crippen LogP contribution in [0.2, 0.25) is 0 Å². The summed E-state index contributed by atoms with van der Waals surface area (Å²) >= 11 is 1.46. The van der Waals surface area contributed by atoms with Crippen molar-refractivity contribution in [1.29, 1.82) is 0 Å². The van der Waals surface area contributed by atoms with Crippen LogP contribution < -0.4 is 5.56 Å². The van der Waals surface area contributed by atoms with Gasteiger partial charge < -0.3 is 4.52 Å². The Balaban J connectivity index is 1.80. The average Bonchev–Trinajstić information content (AvgIpc) is 3.29. The zero-order valence-electron chi connectivity index (χ0n) is 15.3. The van der Waals surface area contributed by atoms with E-state index in [2.05, 4.69) is 27.3 Å². The molecule has 0 aliphatic carbocycles. The lowest BCUT2D eigenvalue weighted by molar-refractivity contribution is 0.387. The van der Waals surface area contributed by atoms with Crippen molar-refractivity contribution < 1.29 is 4.52 Å². The summed E-state index contributed by atoms with van der Waals surface area (Å²) in [5, 5.41) is 13.8. The Morgan fingerprint density at radius 1 is 1.19 bits per heavy atom. The lowest BCUT2D eigenvalue weighted by Gasteiger charge is -2.10. The van der Waals surface area contributed by atoms with Crippen LogP contribution in [0.5, 0.6) is 0 Å². The maximum Gasteiger partial charge on any atom is 0.262 e. The molecule has 0 N–H and O–H groups in total. The van der Waals surface area contributed by atoms with Gasteiger partial charge in [0.1, 0.15) is 0 Å². The first-order chi connectivity index (χ1) is 13.2. The summed E-state index contributed by atoms with van der Waals surface area (Å²) in [6.45, 7) is 4.56. The minimum Gasteiger partial charge on any atom is -0.338 e. The lowest BCUT2D eigenvalue weighted by Crippen LogP contribution is -2.23. The Labute approximate surface area is 159 Å². The van der Waals surface area contributed by atoms with E-state index in [0.29, 0.717) is 40.3 Å². The SMILES string of the molecule is CCCCCn1c(=O)c2ccccc2n2c(SCc3nc(C)no3)nnc12. The van der Waals surface area contributed by atoms with Crippen molar-refractivity contribution >= 4 is 28.4 Å². The molecule has 8 nitrogen and oxygen atoms in total. The van der Waals surface area contributed by atoms with Gasteiger partial charge in [0.15, 0.2) is 11.0 Å². The third-order valence-electron chi connectivity index (χ3n) is 4.36. The molecule has 0 atom stereocenters. The molecule has 0 saturated carbocycles. The molecule has 4 rings (SSSR count). The summed E-state index contributed by atoms with van der Waals surface area (Å²) in [4.78, 5) is 17.2. The summed E-state index contributed by atoms with van der Waals surface area (Å²) in [6.07, 6.45) is 3.09. The van der Waals surface area contributed by atoms with Crippen molar-refractivity contribution in [1.82, 2.24) is 29.3 Å². The second-order valence-electron chi connectivity index (χ2n) is 6.32. The highest BCUT2D eigenvalue weighted by atomic mass is 32.2. The predicted molar refractivity (Wildman–Crippen MR) is 103 cm³/mol. The van der Waals surface area contributed by atoms with Crippen LogP contribution >= 0.6 is 11.8 Å². The van der Waals surface area contributed by atoms with E-state index >= 15 is 0 Å². The van der Waals surface area contributed by atoms with E-state index in [1.54, 1.807) is 11.5 Å². The molecule has 0 amide bonds. The molecule has 0 unspecified atom stereocenters. The van der Waals surface area contributed by atoms with Crippen LogP contribution in [0.3, 0.4) is 0 Å². The van der Waals surface area contributed by atoms with Gasteiger partial charge in [-0.05, 0) is 25.5 Å². The Bertz CT molecular complexity index is 1150. The highest BCUT2D eigenvalue weighted by Gasteiger charge is 2.17. The fourth-order valence-electron chi connectivity index (χ4n) is 3.07. The smallest absolute Gasteiger partial charge is 0.262 e. The van der Waals surface area contributed by atoms with Crippen molar-refractivity contribution in [3.63, 3.8) is 0 Å². The van der Waals surface area contributed by atoms with Crippen LogP contribution in [0.1, 0.15) is 37.9 Å². The molecule has 27 heavy (non-hydrogen) atoms. The highest BCUT2D eigenvalue weighted by molar-refractivity contribution is 7.98. The molecule has 0 radical (unpaired) electrons. The molecule has 0 aliphatic heterocycles. The van der Waals surface area contributed by atoms with E-state index in [4.69, 9.17) is 4.52 Å². The maximum absolute atomic E-state index is 13.0. The maximum atomic E-state index is 13.0. The zero-order valence-corrected chi connectivity index (χ0v) is 16.1. The zero-order chi connectivity index (χ0) is 18.8. The standard InChI is InChI=1S/C18H20N6O2S/c1-3-4-7-10-23-16(25)13-8-5-6-9-14(13)24-17(23)20-21-18(24)27-11-15-19-12(2)22-26-15/h5-6,8-9H,3-4,7,10-11H2,1-2H3. The third kappa shape index (κ3) is 3.34. The number of unbranched alkanes of at least 4 members (excludes halogenated alkanes) is 2. The number of rotatable bonds is 7. The Morgan fingerprint density at radius 2 is 2.04 bits per heavy atom. The van der Waals surface area contributed by atoms with Crippen molar-refractivity contribution in [2.75, 3.05) is 0 Å². The number of benzene rings is 1. The third-order valence-corrected chi connectivity index (χ3v) is 5.27. The topological polar surface area (TPSA) is 91.1 Å². The van der Waals surface area contributed by atoms with Gasteiger partial charge in [0.25, 0.3) is 5.56 Å². The second-order valence-corrected chi connectivity index (χ2v) is 7.27. The van der Waals surface area contributed by atoms with E-state index < -0.39 is 0 Å². The highest BCUT2D eigenvalue weighted by Crippen LogP contribution is 2.24. The van der Waals surface area contributed by atoms with E-state index in [1.165, 1.54) is 11.8 Å². The Morgan fingerprint density at radius 3 is 2.81 bits per heavy atom. The van der Waals surface area contributed by atoms with Gasteiger partial charge >= 0.3 is 0 Å². The van der Waals surface area contributed by atoms with Gasteiger partial charge in [-0.25, -0.2) is 0 Å². The minimum atomic E-state index is -0.0225. The van der Waals surface area contributed by atoms with Gasteiger partial charge in [-0.2, -0.15) is 4.98 Å². The molecule has 4 aromatic rings. The summed E-state index contributed by atoms with van der Waals surface area (Å²) in [5.41, 5.74) is 0.782. The van der Waals surface area contributed by atoms with Gasteiger partial charge in [0.2, 0.25) is 11.7 Å². The monoisotopic (exact) mass is 384 g/mol. The number of hydrogen-bond donors (Lipinski definition) is 0. The van der Waals surface area contributed by atoms with Crippen molar-refractivity contribution in [3.05, 3.63) is 46.3 Å². The molecule has 9 heteroatoms. The van der Waals surface area contributed by atoms with Crippen LogP contribution in [-0.2, 0) is 12.3 Å². The molecule has 3 aromatic heterocycles. The predicted octanol–water partition coefficient (Wildman–Crippen LogP) is 3.22. The largest absolute Gasteiger partial charge is 0.338 e. The van der Waals surface area contributed by atoms with Gasteiger partial charge in [0, 0.05) is 6.54 Å². The number of thioether (sulfide) groups is 1. The molecule has 0 spiro atoms. The minimum absolute atomic E-state index is 0.0225. The number of aryl methyl sites for hydroxylation is 2. The van der Waals surface area contributed by atoms with Gasteiger partial charge in [0.05, 0.1) is 16.7 Å². The molecule has 140 valence electrons. The van der Waals surface area contributed by atoms with Crippen LogP contribution in [-0.4, -0.2) is 29.3 Å². The van der Waals surface area contributed by atoms with Crippen LogP contribution in [0.4, 0.5) is 0 Å². The van der Waals surface area contributed by atoms with Crippen LogP contribution in [0, 0.1) is 6.92 Å². The number of fused-ring (bicyclic) bond motifs is 3. The van der Waals surface area contributed by atoms with E-state index in [9.17, 15) is 4.79 Å². The average molecular weight is 384 g/mol. The molecule has 3 heterocycles. The fourth-order valence-corrected chi connectivity index (χ4v) is 3.85. The molecule has 0 bridgehead atoms. The number of para-hydroxylation sites is 1. The van der Waals surface area contributed by atoms with E-state index in [1.807, 2.05) is 28.7 Å². The molecule has 0 aliphatic rings. The number of aromatic nitrogens is 6. The van der Waals surface area contributed by atoms with Gasteiger partial charge in [-0.3, -0.25) is 13.8 Å². The summed E-state index contributed by atoms with van der Waals surface area (Å²) in [6, 6.07) is 7.57. The normalized spacial score (nSPS) is 11.6. The van der Waals surface area contributed by atoms with Gasteiger partial charge in [-0.15, -0.1) is 10.2 Å². The quantitative estimate of drug-likeness (QED) is 0.357. The van der Waals surface area contributed by atoms with Crippen LogP contribution in [0.15, 0.2) is 38.7 Å². The first kappa shape index (κ1) is 17.7. The van der Waals surface area contributed by atoms with Crippen molar-refractivity contribution in [2.24, 2.45) is 0 Å². The molecule has 0 fully saturated rings. The van der Waals surface area contributed by atoms with Gasteiger partial charge in [-0.1, -0.05) is 48.8 Å². The first-order valence-electron chi connectivity index (χ1n) is 8.97. The fraction of sp³-hybridized carbons (Fsp3) is 0.389. The van der Waals surface area contributed by atoms with Crippen molar-refractivity contribution in [3.8, 4) is 0 Å². The Hall–Kier alpha value is -2.68. The molecular formula is C18H20N6O2S. The summed E-state index contributed by atoms with van der Waals surface area (Å²) < 4.78 is 8.84. The summed E-state index contributed by atoms with van der Waals surface area (Å²) in [5.74, 6) is 2.20. The van der Waals surface area contributed by atoms with Crippen LogP contribution in [0.25, 0.3) is 16.7 Å².